The molecule has 1 fully saturated rings. The lowest BCUT2D eigenvalue weighted by Gasteiger charge is -2.32. The van der Waals surface area contributed by atoms with E-state index in [-0.39, 0.29) is 24.5 Å². The zero-order valence-corrected chi connectivity index (χ0v) is 13.5. The Bertz CT molecular complexity index is 339. The maximum Gasteiger partial charge on any atom is 0.325 e. The number of carbonyl (C=O) groups is 2. The summed E-state index contributed by atoms with van der Waals surface area (Å²) in [6.07, 6.45) is 1.85. The first-order valence-electron chi connectivity index (χ1n) is 7.83. The van der Waals surface area contributed by atoms with E-state index in [4.69, 9.17) is 10.5 Å². The van der Waals surface area contributed by atoms with Gasteiger partial charge in [-0.25, -0.2) is 0 Å². The number of rotatable bonds is 7. The first-order valence-corrected chi connectivity index (χ1v) is 7.83. The van der Waals surface area contributed by atoms with E-state index in [1.165, 1.54) is 0 Å². The molecule has 0 radical (unpaired) electrons. The average molecular weight is 299 g/mol. The molecule has 6 heteroatoms. The van der Waals surface area contributed by atoms with Crippen LogP contribution in [-0.2, 0) is 14.3 Å². The molecule has 1 saturated heterocycles. The Labute approximate surface area is 127 Å². The van der Waals surface area contributed by atoms with E-state index in [0.29, 0.717) is 25.6 Å². The first-order chi connectivity index (χ1) is 9.92. The van der Waals surface area contributed by atoms with Crippen molar-refractivity contribution in [1.29, 1.82) is 0 Å². The van der Waals surface area contributed by atoms with Crippen molar-refractivity contribution in [3.05, 3.63) is 0 Å². The molecule has 1 aliphatic rings. The maximum atomic E-state index is 12.4. The van der Waals surface area contributed by atoms with Crippen molar-refractivity contribution in [2.45, 2.75) is 39.7 Å². The molecule has 0 aliphatic carbocycles. The van der Waals surface area contributed by atoms with Gasteiger partial charge in [0.15, 0.2) is 0 Å². The predicted octanol–water partition coefficient (Wildman–Crippen LogP) is 0.457. The number of nitrogens with two attached hydrogens (primary N) is 1. The number of esters is 1. The highest BCUT2D eigenvalue weighted by molar-refractivity contribution is 5.83. The Balaban J connectivity index is 2.51. The van der Waals surface area contributed by atoms with Gasteiger partial charge in [0.2, 0.25) is 5.91 Å². The summed E-state index contributed by atoms with van der Waals surface area (Å²) in [7, 11) is 0. The molecule has 1 amide bonds. The Kier molecular flexibility index (Phi) is 7.67. The second-order valence-corrected chi connectivity index (χ2v) is 6.09. The highest BCUT2D eigenvalue weighted by atomic mass is 16.5. The number of nitrogens with zero attached hydrogens (tertiary/aromatic N) is 2. The Hall–Kier alpha value is -1.14. The average Bonchev–Trinajstić information content (AvgIpc) is 2.40. The summed E-state index contributed by atoms with van der Waals surface area (Å²) in [6.45, 7) is 8.85. The lowest BCUT2D eigenvalue weighted by atomic mass is 10.1. The van der Waals surface area contributed by atoms with Crippen LogP contribution in [0.25, 0.3) is 0 Å². The fourth-order valence-corrected chi connectivity index (χ4v) is 2.46. The zero-order valence-electron chi connectivity index (χ0n) is 13.5. The number of ether oxygens (including phenoxy) is 1. The molecule has 2 N–H and O–H groups in total. The topological polar surface area (TPSA) is 75.9 Å². The van der Waals surface area contributed by atoms with Gasteiger partial charge in [0.05, 0.1) is 13.2 Å². The molecule has 122 valence electrons. The molecular weight excluding hydrogens is 270 g/mol. The number of amides is 1. The van der Waals surface area contributed by atoms with Crippen LogP contribution in [0.5, 0.6) is 0 Å². The SMILES string of the molecule is CCOC(=O)CN(CC(C)C)C(=O)CN1CCC(N)CC1. The van der Waals surface area contributed by atoms with Crippen LogP contribution in [-0.4, -0.2) is 67.0 Å². The van der Waals surface area contributed by atoms with Gasteiger partial charge in [-0.1, -0.05) is 13.8 Å². The van der Waals surface area contributed by atoms with Gasteiger partial charge < -0.3 is 15.4 Å². The van der Waals surface area contributed by atoms with Crippen molar-refractivity contribution < 1.29 is 14.3 Å². The van der Waals surface area contributed by atoms with Crippen LogP contribution in [0.15, 0.2) is 0 Å². The van der Waals surface area contributed by atoms with Gasteiger partial charge in [0.25, 0.3) is 0 Å². The lowest BCUT2D eigenvalue weighted by molar-refractivity contribution is -0.149. The van der Waals surface area contributed by atoms with Gasteiger partial charge in [0, 0.05) is 25.7 Å². The largest absolute Gasteiger partial charge is 0.465 e. The summed E-state index contributed by atoms with van der Waals surface area (Å²) in [5, 5.41) is 0. The third kappa shape index (κ3) is 6.91. The minimum absolute atomic E-state index is 0.00720. The summed E-state index contributed by atoms with van der Waals surface area (Å²) < 4.78 is 4.95. The van der Waals surface area contributed by atoms with Crippen LogP contribution in [0, 0.1) is 5.92 Å². The van der Waals surface area contributed by atoms with E-state index in [1.807, 2.05) is 13.8 Å². The molecule has 0 atom stereocenters. The molecule has 6 nitrogen and oxygen atoms in total. The van der Waals surface area contributed by atoms with Gasteiger partial charge in [-0.3, -0.25) is 14.5 Å². The summed E-state index contributed by atoms with van der Waals surface area (Å²) in [5.41, 5.74) is 5.87. The van der Waals surface area contributed by atoms with E-state index in [1.54, 1.807) is 11.8 Å². The fraction of sp³-hybridized carbons (Fsp3) is 0.867. The lowest BCUT2D eigenvalue weighted by Crippen LogP contribution is -2.47. The summed E-state index contributed by atoms with van der Waals surface area (Å²) in [6, 6.07) is 0.252. The molecule has 0 bridgehead atoms. The number of hydrogen-bond donors (Lipinski definition) is 1. The van der Waals surface area contributed by atoms with Crippen LogP contribution < -0.4 is 5.73 Å². The van der Waals surface area contributed by atoms with Crippen LogP contribution >= 0.6 is 0 Å². The molecule has 0 aromatic rings. The Morgan fingerprint density at radius 3 is 2.48 bits per heavy atom. The molecule has 1 rings (SSSR count). The molecule has 21 heavy (non-hydrogen) atoms. The summed E-state index contributed by atoms with van der Waals surface area (Å²) >= 11 is 0. The van der Waals surface area contributed by atoms with Crippen LogP contribution in [0.4, 0.5) is 0 Å². The van der Waals surface area contributed by atoms with Crippen molar-refractivity contribution in [1.82, 2.24) is 9.80 Å². The van der Waals surface area contributed by atoms with Crippen molar-refractivity contribution in [3.63, 3.8) is 0 Å². The van der Waals surface area contributed by atoms with Crippen molar-refractivity contribution >= 4 is 11.9 Å². The number of hydrogen-bond acceptors (Lipinski definition) is 5. The minimum Gasteiger partial charge on any atom is -0.465 e. The van der Waals surface area contributed by atoms with E-state index in [2.05, 4.69) is 4.90 Å². The van der Waals surface area contributed by atoms with Gasteiger partial charge in [-0.2, -0.15) is 0 Å². The van der Waals surface area contributed by atoms with Crippen LogP contribution in [0.2, 0.25) is 0 Å². The second kappa shape index (κ2) is 9.00. The molecule has 0 aromatic carbocycles. The number of carbonyl (C=O) groups excluding carboxylic acids is 2. The smallest absolute Gasteiger partial charge is 0.325 e. The molecular formula is C15H29N3O3. The van der Waals surface area contributed by atoms with Crippen molar-refractivity contribution in [2.75, 3.05) is 39.3 Å². The quantitative estimate of drug-likeness (QED) is 0.691. The van der Waals surface area contributed by atoms with Gasteiger partial charge >= 0.3 is 5.97 Å². The Morgan fingerprint density at radius 2 is 1.95 bits per heavy atom. The van der Waals surface area contributed by atoms with Crippen LogP contribution in [0.1, 0.15) is 33.6 Å². The summed E-state index contributed by atoms with van der Waals surface area (Å²) in [5.74, 6) is -0.0301. The van der Waals surface area contributed by atoms with E-state index in [9.17, 15) is 9.59 Å². The van der Waals surface area contributed by atoms with Gasteiger partial charge in [0.1, 0.15) is 6.54 Å². The molecule has 0 aromatic heterocycles. The second-order valence-electron chi connectivity index (χ2n) is 6.09. The van der Waals surface area contributed by atoms with E-state index < -0.39 is 0 Å². The van der Waals surface area contributed by atoms with Crippen molar-refractivity contribution in [3.8, 4) is 0 Å². The Morgan fingerprint density at radius 1 is 1.33 bits per heavy atom. The third-order valence-electron chi connectivity index (χ3n) is 3.55. The fourth-order valence-electron chi connectivity index (χ4n) is 2.46. The predicted molar refractivity (Wildman–Crippen MR) is 81.7 cm³/mol. The number of piperidine rings is 1. The highest BCUT2D eigenvalue weighted by Gasteiger charge is 2.23. The third-order valence-corrected chi connectivity index (χ3v) is 3.55. The van der Waals surface area contributed by atoms with Crippen LogP contribution in [0.3, 0.4) is 0 Å². The standard InChI is InChI=1S/C15H29N3O3/c1-4-21-15(20)11-18(9-12(2)3)14(19)10-17-7-5-13(16)6-8-17/h12-13H,4-11,16H2,1-3H3. The maximum absolute atomic E-state index is 12.4. The highest BCUT2D eigenvalue weighted by Crippen LogP contribution is 2.09. The summed E-state index contributed by atoms with van der Waals surface area (Å²) in [4.78, 5) is 27.8. The zero-order chi connectivity index (χ0) is 15.8. The molecule has 0 unspecified atom stereocenters. The minimum atomic E-state index is -0.341. The molecule has 0 saturated carbocycles. The van der Waals surface area contributed by atoms with Gasteiger partial charge in [-0.05, 0) is 25.7 Å². The van der Waals surface area contributed by atoms with E-state index >= 15 is 0 Å². The monoisotopic (exact) mass is 299 g/mol. The molecule has 1 aliphatic heterocycles. The first kappa shape index (κ1) is 17.9. The number of likely N-dealkylation sites (tertiary alicyclic amines) is 1. The normalized spacial score (nSPS) is 17.0. The van der Waals surface area contributed by atoms with Crippen molar-refractivity contribution in [2.24, 2.45) is 11.7 Å². The van der Waals surface area contributed by atoms with Gasteiger partial charge in [-0.15, -0.1) is 0 Å². The molecule has 1 heterocycles. The molecule has 0 spiro atoms. The van der Waals surface area contributed by atoms with E-state index in [0.717, 1.165) is 25.9 Å².